The topological polar surface area (TPSA) is 95.9 Å². The Morgan fingerprint density at radius 1 is 1.54 bits per heavy atom. The molecule has 0 aliphatic heterocycles. The fraction of sp³-hybridized carbons (Fsp3) is 0.800. The number of rotatable bonds is 5. The molecule has 0 aliphatic carbocycles. The fourth-order valence-corrected chi connectivity index (χ4v) is 0.919. The van der Waals surface area contributed by atoms with E-state index in [-0.39, 0.29) is 42.7 Å². The Morgan fingerprint density at radius 2 is 2.08 bits per heavy atom. The summed E-state index contributed by atoms with van der Waals surface area (Å²) in [5.74, 6) is -0.522. The normalized spacial score (nSPS) is 10.4. The third-order valence-corrected chi connectivity index (χ3v) is 1.53. The van der Waals surface area contributed by atoms with Gasteiger partial charge in [-0.1, -0.05) is 0 Å². The molecule has 0 aromatic rings. The van der Waals surface area contributed by atoms with Crippen LogP contribution < -0.4 is 5.32 Å². The number of hydrogen-bond donors (Lipinski definition) is 3. The van der Waals surface area contributed by atoms with Gasteiger partial charge in [-0.25, -0.2) is 0 Å². The maximum Gasteiger partial charge on any atom is 0.339 e. The molecular formula is C5H12NNaO5P. The van der Waals surface area contributed by atoms with Gasteiger partial charge in [-0.15, -0.1) is 0 Å². The Balaban J connectivity index is 0. The number of carbonyl (C=O) groups is 1. The van der Waals surface area contributed by atoms with Gasteiger partial charge in [0, 0.05) is 29.6 Å². The maximum absolute atomic E-state index is 10.6. The summed E-state index contributed by atoms with van der Waals surface area (Å²) in [6.07, 6.45) is -0.508. The molecule has 0 aromatic heterocycles. The molecule has 1 radical (unpaired) electrons. The first-order valence-corrected chi connectivity index (χ1v) is 5.16. The van der Waals surface area contributed by atoms with Crippen LogP contribution in [0.5, 0.6) is 0 Å². The van der Waals surface area contributed by atoms with Crippen molar-refractivity contribution in [2.45, 2.75) is 6.92 Å². The molecule has 8 heteroatoms. The van der Waals surface area contributed by atoms with Crippen LogP contribution in [-0.4, -0.2) is 64.8 Å². The van der Waals surface area contributed by atoms with E-state index in [4.69, 9.17) is 9.79 Å². The SMILES string of the molecule is CCOC(=O)CNCP(=O)(O)O.[Na]. The molecule has 0 heterocycles. The Kier molecular flexibility index (Phi) is 9.78. The van der Waals surface area contributed by atoms with Crippen molar-refractivity contribution in [3.63, 3.8) is 0 Å². The van der Waals surface area contributed by atoms with Gasteiger partial charge in [-0.3, -0.25) is 14.7 Å². The fourth-order valence-electron chi connectivity index (χ4n) is 0.516. The van der Waals surface area contributed by atoms with E-state index in [9.17, 15) is 9.36 Å². The van der Waals surface area contributed by atoms with Gasteiger partial charge in [0.15, 0.2) is 0 Å². The molecule has 0 rings (SSSR count). The standard InChI is InChI=1S/C5H12NO5P.Na/c1-2-11-5(7)3-6-4-12(8,9)10;/h6H,2-4H2,1H3,(H2,8,9,10);. The molecule has 0 spiro atoms. The quantitative estimate of drug-likeness (QED) is 0.309. The number of nitrogens with one attached hydrogen (secondary N) is 1. The predicted molar refractivity (Wildman–Crippen MR) is 47.3 cm³/mol. The monoisotopic (exact) mass is 220 g/mol. The molecule has 0 saturated carbocycles. The summed E-state index contributed by atoms with van der Waals surface area (Å²) in [4.78, 5) is 27.3. The molecule has 0 atom stereocenters. The van der Waals surface area contributed by atoms with Crippen LogP contribution in [0.4, 0.5) is 0 Å². The third kappa shape index (κ3) is 12.6. The molecule has 0 unspecified atom stereocenters. The van der Waals surface area contributed by atoms with Crippen molar-refractivity contribution in [3.05, 3.63) is 0 Å². The molecule has 73 valence electrons. The zero-order valence-corrected chi connectivity index (χ0v) is 10.6. The predicted octanol–water partition coefficient (Wildman–Crippen LogP) is -1.11. The molecule has 6 nitrogen and oxygen atoms in total. The molecule has 0 amide bonds. The van der Waals surface area contributed by atoms with Crippen molar-refractivity contribution < 1.29 is 23.9 Å². The Morgan fingerprint density at radius 3 is 2.46 bits per heavy atom. The van der Waals surface area contributed by atoms with E-state index >= 15 is 0 Å². The third-order valence-electron chi connectivity index (χ3n) is 0.892. The largest absolute Gasteiger partial charge is 0.465 e. The zero-order chi connectivity index (χ0) is 9.61. The summed E-state index contributed by atoms with van der Waals surface area (Å²) in [7, 11) is -4.06. The van der Waals surface area contributed by atoms with E-state index in [1.165, 1.54) is 0 Å². The van der Waals surface area contributed by atoms with Crippen LogP contribution in [0.1, 0.15) is 6.92 Å². The van der Waals surface area contributed by atoms with Gasteiger partial charge >= 0.3 is 13.6 Å². The molecule has 13 heavy (non-hydrogen) atoms. The van der Waals surface area contributed by atoms with Crippen molar-refractivity contribution in [3.8, 4) is 0 Å². The van der Waals surface area contributed by atoms with Gasteiger partial charge in [-0.05, 0) is 6.92 Å². The summed E-state index contributed by atoms with van der Waals surface area (Å²) in [5, 5.41) is 2.27. The average Bonchev–Trinajstić information content (AvgIpc) is 1.84. The molecule has 0 bridgehead atoms. The van der Waals surface area contributed by atoms with E-state index in [1.807, 2.05) is 0 Å². The summed E-state index contributed by atoms with van der Waals surface area (Å²) in [6, 6.07) is 0. The average molecular weight is 220 g/mol. The number of carbonyl (C=O) groups excluding carboxylic acids is 1. The van der Waals surface area contributed by atoms with Crippen molar-refractivity contribution >= 4 is 43.1 Å². The van der Waals surface area contributed by atoms with Crippen molar-refractivity contribution in [1.82, 2.24) is 5.32 Å². The van der Waals surface area contributed by atoms with E-state index < -0.39 is 19.9 Å². The Bertz CT molecular complexity index is 193. The Hall–Kier alpha value is 0.580. The van der Waals surface area contributed by atoms with Gasteiger partial charge in [0.25, 0.3) is 0 Å². The Labute approximate surface area is 98.5 Å². The first-order valence-electron chi connectivity index (χ1n) is 3.36. The first kappa shape index (κ1) is 16.0. The number of esters is 1. The van der Waals surface area contributed by atoms with Crippen LogP contribution in [-0.2, 0) is 14.1 Å². The summed E-state index contributed by atoms with van der Waals surface area (Å²) in [5.41, 5.74) is 0. The van der Waals surface area contributed by atoms with Crippen LogP contribution in [0.3, 0.4) is 0 Å². The van der Waals surface area contributed by atoms with Gasteiger partial charge in [-0.2, -0.15) is 0 Å². The van der Waals surface area contributed by atoms with Crippen molar-refractivity contribution in [2.24, 2.45) is 0 Å². The van der Waals surface area contributed by atoms with Crippen LogP contribution in [0.2, 0.25) is 0 Å². The molecule has 3 N–H and O–H groups in total. The summed E-state index contributed by atoms with van der Waals surface area (Å²) in [6.45, 7) is 1.73. The second-order valence-electron chi connectivity index (χ2n) is 2.05. The van der Waals surface area contributed by atoms with E-state index in [1.54, 1.807) is 6.92 Å². The van der Waals surface area contributed by atoms with E-state index in [2.05, 4.69) is 10.1 Å². The second-order valence-corrected chi connectivity index (χ2v) is 3.70. The summed E-state index contributed by atoms with van der Waals surface area (Å²) < 4.78 is 14.8. The summed E-state index contributed by atoms with van der Waals surface area (Å²) >= 11 is 0. The van der Waals surface area contributed by atoms with Crippen LogP contribution in [0.15, 0.2) is 0 Å². The van der Waals surface area contributed by atoms with Crippen LogP contribution in [0.25, 0.3) is 0 Å². The van der Waals surface area contributed by atoms with E-state index in [0.717, 1.165) is 0 Å². The first-order chi connectivity index (χ1) is 5.45. The van der Waals surface area contributed by atoms with Gasteiger partial charge < -0.3 is 14.5 Å². The molecule has 0 aliphatic rings. The van der Waals surface area contributed by atoms with Gasteiger partial charge in [0.05, 0.1) is 19.4 Å². The van der Waals surface area contributed by atoms with Gasteiger partial charge in [0.2, 0.25) is 0 Å². The van der Waals surface area contributed by atoms with Crippen LogP contribution in [0, 0.1) is 0 Å². The van der Waals surface area contributed by atoms with E-state index in [0.29, 0.717) is 0 Å². The number of hydrogen-bond acceptors (Lipinski definition) is 4. The minimum atomic E-state index is -4.06. The van der Waals surface area contributed by atoms with Gasteiger partial charge in [0.1, 0.15) is 0 Å². The zero-order valence-electron chi connectivity index (χ0n) is 7.69. The van der Waals surface area contributed by atoms with Crippen molar-refractivity contribution in [1.29, 1.82) is 0 Å². The minimum Gasteiger partial charge on any atom is -0.465 e. The molecule has 0 fully saturated rings. The molecule has 0 aromatic carbocycles. The van der Waals surface area contributed by atoms with Crippen LogP contribution >= 0.6 is 7.60 Å². The minimum absolute atomic E-state index is 0. The smallest absolute Gasteiger partial charge is 0.339 e. The van der Waals surface area contributed by atoms with Crippen molar-refractivity contribution in [2.75, 3.05) is 19.4 Å². The number of ether oxygens (including phenoxy) is 1. The second kappa shape index (κ2) is 7.94. The molecular weight excluding hydrogens is 208 g/mol. The maximum atomic E-state index is 10.6. The molecule has 0 saturated heterocycles.